The molecule has 1 amide bonds. The number of amides is 1. The monoisotopic (exact) mass is 340 g/mol. The molecular formula is C18H24N6O. The number of H-pyrrole nitrogens is 1. The minimum atomic E-state index is -0.182. The van der Waals surface area contributed by atoms with Crippen molar-refractivity contribution in [2.45, 2.75) is 51.5 Å². The van der Waals surface area contributed by atoms with Crippen LogP contribution < -0.4 is 10.2 Å². The van der Waals surface area contributed by atoms with Crippen molar-refractivity contribution in [2.75, 3.05) is 18.0 Å². The van der Waals surface area contributed by atoms with Gasteiger partial charge in [-0.25, -0.2) is 4.98 Å². The lowest BCUT2D eigenvalue weighted by Crippen LogP contribution is -2.27. The number of aromatic amines is 1. The maximum atomic E-state index is 11.8. The van der Waals surface area contributed by atoms with E-state index in [1.807, 2.05) is 13.0 Å². The first kappa shape index (κ1) is 16.1. The summed E-state index contributed by atoms with van der Waals surface area (Å²) in [6, 6.07) is 3.85. The maximum absolute atomic E-state index is 11.8. The van der Waals surface area contributed by atoms with Gasteiger partial charge in [-0.05, 0) is 57.6 Å². The number of carbonyl (C=O) groups excluding carboxylic acids is 1. The number of aromatic nitrogens is 4. The third-order valence-corrected chi connectivity index (χ3v) is 5.06. The fourth-order valence-electron chi connectivity index (χ4n) is 3.81. The molecule has 3 heterocycles. The van der Waals surface area contributed by atoms with E-state index in [4.69, 9.17) is 4.98 Å². The SMILES string of the molecule is CCNC(=O)c1ccc(N2CCC[C@H]2c2nc3c([nH]2)CCCC3)nn1. The van der Waals surface area contributed by atoms with Crippen LogP contribution in [-0.2, 0) is 12.8 Å². The van der Waals surface area contributed by atoms with Crippen molar-refractivity contribution in [3.8, 4) is 0 Å². The second kappa shape index (κ2) is 6.82. The number of hydrogen-bond donors (Lipinski definition) is 2. The third kappa shape index (κ3) is 3.10. The molecule has 1 atom stereocenters. The van der Waals surface area contributed by atoms with E-state index in [-0.39, 0.29) is 11.9 Å². The minimum Gasteiger partial charge on any atom is -0.351 e. The molecule has 0 aromatic carbocycles. The summed E-state index contributed by atoms with van der Waals surface area (Å²) in [7, 11) is 0. The fourth-order valence-corrected chi connectivity index (χ4v) is 3.81. The molecule has 7 heteroatoms. The number of aryl methyl sites for hydroxylation is 2. The Morgan fingerprint density at radius 2 is 2.16 bits per heavy atom. The van der Waals surface area contributed by atoms with Gasteiger partial charge in [0.15, 0.2) is 11.5 Å². The predicted octanol–water partition coefficient (Wildman–Crippen LogP) is 2.17. The summed E-state index contributed by atoms with van der Waals surface area (Å²) in [5.74, 6) is 1.68. The van der Waals surface area contributed by atoms with E-state index in [1.165, 1.54) is 24.2 Å². The van der Waals surface area contributed by atoms with Crippen LogP contribution in [0.4, 0.5) is 5.82 Å². The quantitative estimate of drug-likeness (QED) is 0.891. The zero-order valence-corrected chi connectivity index (χ0v) is 14.6. The molecule has 0 spiro atoms. The highest BCUT2D eigenvalue weighted by atomic mass is 16.1. The first-order chi connectivity index (χ1) is 12.3. The molecule has 2 aromatic heterocycles. The van der Waals surface area contributed by atoms with Crippen molar-refractivity contribution in [1.82, 2.24) is 25.5 Å². The molecule has 0 radical (unpaired) electrons. The Hall–Kier alpha value is -2.44. The Balaban J connectivity index is 1.55. The van der Waals surface area contributed by atoms with E-state index in [2.05, 4.69) is 25.4 Å². The van der Waals surface area contributed by atoms with Crippen LogP contribution in [-0.4, -0.2) is 39.2 Å². The van der Waals surface area contributed by atoms with E-state index in [9.17, 15) is 4.79 Å². The topological polar surface area (TPSA) is 86.8 Å². The van der Waals surface area contributed by atoms with Gasteiger partial charge in [-0.3, -0.25) is 4.79 Å². The highest BCUT2D eigenvalue weighted by molar-refractivity contribution is 5.92. The van der Waals surface area contributed by atoms with Gasteiger partial charge in [0.1, 0.15) is 5.82 Å². The number of rotatable bonds is 4. The van der Waals surface area contributed by atoms with Crippen molar-refractivity contribution in [1.29, 1.82) is 0 Å². The van der Waals surface area contributed by atoms with Crippen LogP contribution in [0.2, 0.25) is 0 Å². The summed E-state index contributed by atoms with van der Waals surface area (Å²) in [5.41, 5.74) is 2.91. The second-order valence-electron chi connectivity index (χ2n) is 6.74. The standard InChI is InChI=1S/C18H24N6O/c1-2-19-18(25)14-9-10-16(23-22-14)24-11-5-8-15(24)17-20-12-6-3-4-7-13(12)21-17/h9-10,15H,2-8,11H2,1H3,(H,19,25)(H,20,21)/t15-/m0/s1. The highest BCUT2D eigenvalue weighted by Crippen LogP contribution is 2.34. The van der Waals surface area contributed by atoms with Gasteiger partial charge in [-0.15, -0.1) is 10.2 Å². The van der Waals surface area contributed by atoms with Crippen molar-refractivity contribution < 1.29 is 4.79 Å². The van der Waals surface area contributed by atoms with Gasteiger partial charge < -0.3 is 15.2 Å². The molecule has 0 unspecified atom stereocenters. The number of nitrogens with zero attached hydrogens (tertiary/aromatic N) is 4. The van der Waals surface area contributed by atoms with E-state index in [1.54, 1.807) is 6.07 Å². The van der Waals surface area contributed by atoms with Crippen LogP contribution >= 0.6 is 0 Å². The summed E-state index contributed by atoms with van der Waals surface area (Å²) in [4.78, 5) is 22.5. The summed E-state index contributed by atoms with van der Waals surface area (Å²) in [6.45, 7) is 3.41. The van der Waals surface area contributed by atoms with Gasteiger partial charge >= 0.3 is 0 Å². The van der Waals surface area contributed by atoms with E-state index >= 15 is 0 Å². The molecular weight excluding hydrogens is 316 g/mol. The van der Waals surface area contributed by atoms with Gasteiger partial charge in [0, 0.05) is 18.8 Å². The molecule has 0 saturated carbocycles. The number of imidazole rings is 1. The van der Waals surface area contributed by atoms with Gasteiger partial charge in [0.25, 0.3) is 5.91 Å². The zero-order valence-electron chi connectivity index (χ0n) is 14.6. The average molecular weight is 340 g/mol. The normalized spacial score (nSPS) is 19.7. The summed E-state index contributed by atoms with van der Waals surface area (Å²) in [6.07, 6.45) is 6.84. The molecule has 1 saturated heterocycles. The first-order valence-corrected chi connectivity index (χ1v) is 9.22. The summed E-state index contributed by atoms with van der Waals surface area (Å²) in [5, 5.41) is 11.1. The summed E-state index contributed by atoms with van der Waals surface area (Å²) < 4.78 is 0. The Morgan fingerprint density at radius 3 is 2.92 bits per heavy atom. The Morgan fingerprint density at radius 1 is 1.28 bits per heavy atom. The lowest BCUT2D eigenvalue weighted by atomic mass is 10.0. The molecule has 2 aromatic rings. The van der Waals surface area contributed by atoms with Crippen LogP contribution in [0.15, 0.2) is 12.1 Å². The maximum Gasteiger partial charge on any atom is 0.271 e. The molecule has 2 aliphatic rings. The lowest BCUT2D eigenvalue weighted by molar-refractivity contribution is 0.0950. The van der Waals surface area contributed by atoms with Gasteiger partial charge in [-0.2, -0.15) is 0 Å². The van der Waals surface area contributed by atoms with E-state index < -0.39 is 0 Å². The molecule has 4 rings (SSSR count). The average Bonchev–Trinajstić information content (AvgIpc) is 3.28. The van der Waals surface area contributed by atoms with Crippen molar-refractivity contribution in [2.24, 2.45) is 0 Å². The van der Waals surface area contributed by atoms with Gasteiger partial charge in [0.05, 0.1) is 11.7 Å². The summed E-state index contributed by atoms with van der Waals surface area (Å²) >= 11 is 0. The molecule has 132 valence electrons. The van der Waals surface area contributed by atoms with Crippen LogP contribution in [0.1, 0.15) is 66.3 Å². The largest absolute Gasteiger partial charge is 0.351 e. The van der Waals surface area contributed by atoms with Crippen LogP contribution in [0.5, 0.6) is 0 Å². The minimum absolute atomic E-state index is 0.182. The molecule has 2 N–H and O–H groups in total. The van der Waals surface area contributed by atoms with E-state index in [0.29, 0.717) is 12.2 Å². The van der Waals surface area contributed by atoms with Crippen molar-refractivity contribution in [3.63, 3.8) is 0 Å². The van der Waals surface area contributed by atoms with Crippen molar-refractivity contribution >= 4 is 11.7 Å². The Bertz CT molecular complexity index is 730. The molecule has 1 aliphatic heterocycles. The number of hydrogen-bond acceptors (Lipinski definition) is 5. The molecule has 7 nitrogen and oxygen atoms in total. The molecule has 0 bridgehead atoms. The Labute approximate surface area is 147 Å². The van der Waals surface area contributed by atoms with Gasteiger partial charge in [-0.1, -0.05) is 0 Å². The van der Waals surface area contributed by atoms with Crippen LogP contribution in [0.25, 0.3) is 0 Å². The number of carbonyl (C=O) groups is 1. The number of fused-ring (bicyclic) bond motifs is 1. The van der Waals surface area contributed by atoms with Crippen LogP contribution in [0, 0.1) is 0 Å². The number of anilines is 1. The molecule has 1 aliphatic carbocycles. The smallest absolute Gasteiger partial charge is 0.271 e. The predicted molar refractivity (Wildman–Crippen MR) is 94.6 cm³/mol. The van der Waals surface area contributed by atoms with Gasteiger partial charge in [0.2, 0.25) is 0 Å². The Kier molecular flexibility index (Phi) is 4.38. The van der Waals surface area contributed by atoms with E-state index in [0.717, 1.165) is 43.9 Å². The second-order valence-corrected chi connectivity index (χ2v) is 6.74. The zero-order chi connectivity index (χ0) is 17.2. The third-order valence-electron chi connectivity index (χ3n) is 5.06. The molecule has 25 heavy (non-hydrogen) atoms. The first-order valence-electron chi connectivity index (χ1n) is 9.22. The van der Waals surface area contributed by atoms with Crippen molar-refractivity contribution in [3.05, 3.63) is 35.0 Å². The van der Waals surface area contributed by atoms with Crippen LogP contribution in [0.3, 0.4) is 0 Å². The highest BCUT2D eigenvalue weighted by Gasteiger charge is 2.31. The molecule has 1 fully saturated rings. The lowest BCUT2D eigenvalue weighted by Gasteiger charge is -2.23. The number of nitrogens with one attached hydrogen (secondary N) is 2. The fraction of sp³-hybridized carbons (Fsp3) is 0.556.